The van der Waals surface area contributed by atoms with Gasteiger partial charge in [-0.15, -0.1) is 0 Å². The quantitative estimate of drug-likeness (QED) is 0.862. The van der Waals surface area contributed by atoms with Gasteiger partial charge in [0, 0.05) is 44.8 Å². The van der Waals surface area contributed by atoms with Gasteiger partial charge in [-0.3, -0.25) is 14.7 Å². The van der Waals surface area contributed by atoms with Crippen molar-refractivity contribution in [2.45, 2.75) is 25.8 Å². The summed E-state index contributed by atoms with van der Waals surface area (Å²) in [5.74, 6) is 0.979. The molecule has 2 fully saturated rings. The van der Waals surface area contributed by atoms with Crippen molar-refractivity contribution in [3.8, 4) is 0 Å². The molecule has 2 aliphatic rings. The molecule has 25 heavy (non-hydrogen) atoms. The van der Waals surface area contributed by atoms with E-state index >= 15 is 0 Å². The van der Waals surface area contributed by atoms with Gasteiger partial charge in [-0.25, -0.2) is 0 Å². The first-order valence-electron chi connectivity index (χ1n) is 9.18. The molecule has 0 radical (unpaired) electrons. The first-order chi connectivity index (χ1) is 12.2. The van der Waals surface area contributed by atoms with Crippen LogP contribution in [0.4, 0.5) is 0 Å². The summed E-state index contributed by atoms with van der Waals surface area (Å²) in [7, 11) is 0. The summed E-state index contributed by atoms with van der Waals surface area (Å²) >= 11 is 0. The van der Waals surface area contributed by atoms with Crippen molar-refractivity contribution >= 4 is 5.91 Å². The van der Waals surface area contributed by atoms with Gasteiger partial charge < -0.3 is 4.90 Å². The fourth-order valence-electron chi connectivity index (χ4n) is 3.82. The molecule has 1 aliphatic heterocycles. The number of benzene rings is 1. The molecule has 2 aromatic rings. The minimum Gasteiger partial charge on any atom is -0.340 e. The highest BCUT2D eigenvalue weighted by Crippen LogP contribution is 2.48. The Labute approximate surface area is 149 Å². The van der Waals surface area contributed by atoms with E-state index in [1.165, 1.54) is 11.1 Å². The maximum atomic E-state index is 12.8. The van der Waals surface area contributed by atoms with E-state index in [9.17, 15) is 4.79 Å². The zero-order valence-electron chi connectivity index (χ0n) is 14.8. The van der Waals surface area contributed by atoms with Gasteiger partial charge in [-0.05, 0) is 37.0 Å². The minimum atomic E-state index is 0.198. The molecule has 2 heterocycles. The highest BCUT2D eigenvalue weighted by molar-refractivity contribution is 5.83. The highest BCUT2D eigenvalue weighted by atomic mass is 16.2. The Balaban J connectivity index is 1.29. The molecule has 130 valence electrons. The third-order valence-electron chi connectivity index (χ3n) is 5.37. The molecule has 0 bridgehead atoms. The van der Waals surface area contributed by atoms with Crippen LogP contribution in [0.5, 0.6) is 0 Å². The molecule has 0 unspecified atom stereocenters. The van der Waals surface area contributed by atoms with Gasteiger partial charge in [0.15, 0.2) is 0 Å². The number of nitrogens with zero attached hydrogens (tertiary/aromatic N) is 3. The van der Waals surface area contributed by atoms with Crippen LogP contribution in [0, 0.1) is 12.8 Å². The van der Waals surface area contributed by atoms with Gasteiger partial charge in [-0.1, -0.05) is 35.9 Å². The number of hydrogen-bond acceptors (Lipinski definition) is 3. The SMILES string of the molecule is Cc1cccc([C@H]2C[C@H]2C(=O)N2CCN(Cc3ccccn3)CC2)c1. The Morgan fingerprint density at radius 1 is 1.12 bits per heavy atom. The van der Waals surface area contributed by atoms with Crippen LogP contribution < -0.4 is 0 Å². The summed E-state index contributed by atoms with van der Waals surface area (Å²) in [6, 6.07) is 14.6. The van der Waals surface area contributed by atoms with E-state index in [-0.39, 0.29) is 5.92 Å². The van der Waals surface area contributed by atoms with Gasteiger partial charge in [0.1, 0.15) is 0 Å². The first kappa shape index (κ1) is 16.3. The van der Waals surface area contributed by atoms with Crippen molar-refractivity contribution in [1.29, 1.82) is 0 Å². The number of carbonyl (C=O) groups is 1. The Kier molecular flexibility index (Phi) is 4.53. The fraction of sp³-hybridized carbons (Fsp3) is 0.429. The van der Waals surface area contributed by atoms with Crippen LogP contribution in [0.3, 0.4) is 0 Å². The summed E-state index contributed by atoms with van der Waals surface area (Å²) in [4.78, 5) is 21.6. The standard InChI is InChI=1S/C21H25N3O/c1-16-5-4-6-17(13-16)19-14-20(19)21(25)24-11-9-23(10-12-24)15-18-7-2-3-8-22-18/h2-8,13,19-20H,9-12,14-15H2,1H3/t19-,20-/m1/s1. The van der Waals surface area contributed by atoms with Crippen LogP contribution in [0.15, 0.2) is 48.7 Å². The molecule has 0 N–H and O–H groups in total. The first-order valence-corrected chi connectivity index (χ1v) is 9.18. The largest absolute Gasteiger partial charge is 0.340 e. The normalized spacial score (nSPS) is 23.5. The lowest BCUT2D eigenvalue weighted by molar-refractivity contribution is -0.134. The lowest BCUT2D eigenvalue weighted by atomic mass is 10.1. The summed E-state index contributed by atoms with van der Waals surface area (Å²) < 4.78 is 0. The molecule has 1 aromatic heterocycles. The van der Waals surface area contributed by atoms with Crippen molar-refractivity contribution in [3.05, 3.63) is 65.5 Å². The Hall–Kier alpha value is -2.20. The zero-order valence-corrected chi connectivity index (χ0v) is 14.8. The Morgan fingerprint density at radius 2 is 1.96 bits per heavy atom. The molecule has 4 rings (SSSR count). The summed E-state index contributed by atoms with van der Waals surface area (Å²) in [5.41, 5.74) is 3.70. The Bertz CT molecular complexity index is 738. The molecule has 1 amide bonds. The number of pyridine rings is 1. The number of piperazine rings is 1. The molecule has 0 spiro atoms. The van der Waals surface area contributed by atoms with E-state index in [1.807, 2.05) is 18.3 Å². The van der Waals surface area contributed by atoms with E-state index in [2.05, 4.69) is 52.0 Å². The Morgan fingerprint density at radius 3 is 2.68 bits per heavy atom. The molecule has 1 aromatic carbocycles. The molecule has 1 aliphatic carbocycles. The van der Waals surface area contributed by atoms with Crippen LogP contribution in [0.2, 0.25) is 0 Å². The number of aromatic nitrogens is 1. The van der Waals surface area contributed by atoms with Crippen molar-refractivity contribution in [2.24, 2.45) is 5.92 Å². The second kappa shape index (κ2) is 6.96. The van der Waals surface area contributed by atoms with E-state index < -0.39 is 0 Å². The van der Waals surface area contributed by atoms with E-state index in [0.717, 1.165) is 44.8 Å². The van der Waals surface area contributed by atoms with Crippen LogP contribution in [0.25, 0.3) is 0 Å². The second-order valence-electron chi connectivity index (χ2n) is 7.29. The number of hydrogen-bond donors (Lipinski definition) is 0. The van der Waals surface area contributed by atoms with E-state index in [4.69, 9.17) is 0 Å². The molecule has 1 saturated carbocycles. The summed E-state index contributed by atoms with van der Waals surface area (Å²) in [5, 5.41) is 0. The molecule has 1 saturated heterocycles. The molecule has 4 heteroatoms. The smallest absolute Gasteiger partial charge is 0.226 e. The lowest BCUT2D eigenvalue weighted by Gasteiger charge is -2.34. The minimum absolute atomic E-state index is 0.198. The number of amides is 1. The van der Waals surface area contributed by atoms with Gasteiger partial charge in [0.05, 0.1) is 5.69 Å². The maximum absolute atomic E-state index is 12.8. The third kappa shape index (κ3) is 3.74. The molecular formula is C21H25N3O. The maximum Gasteiger partial charge on any atom is 0.226 e. The van der Waals surface area contributed by atoms with E-state index in [1.54, 1.807) is 0 Å². The second-order valence-corrected chi connectivity index (χ2v) is 7.29. The average Bonchev–Trinajstić information content (AvgIpc) is 3.43. The number of rotatable bonds is 4. The molecule has 4 nitrogen and oxygen atoms in total. The zero-order chi connectivity index (χ0) is 17.2. The number of carbonyl (C=O) groups excluding carboxylic acids is 1. The van der Waals surface area contributed by atoms with Crippen LogP contribution in [0.1, 0.15) is 29.2 Å². The van der Waals surface area contributed by atoms with Crippen molar-refractivity contribution in [3.63, 3.8) is 0 Å². The summed E-state index contributed by atoms with van der Waals surface area (Å²) in [6.45, 7) is 6.53. The lowest BCUT2D eigenvalue weighted by Crippen LogP contribution is -2.48. The molecular weight excluding hydrogens is 310 g/mol. The predicted octanol–water partition coefficient (Wildman–Crippen LogP) is 2.84. The van der Waals surface area contributed by atoms with Crippen molar-refractivity contribution in [1.82, 2.24) is 14.8 Å². The van der Waals surface area contributed by atoms with Crippen LogP contribution in [-0.2, 0) is 11.3 Å². The van der Waals surface area contributed by atoms with E-state index in [0.29, 0.717) is 11.8 Å². The van der Waals surface area contributed by atoms with Crippen molar-refractivity contribution in [2.75, 3.05) is 26.2 Å². The third-order valence-corrected chi connectivity index (χ3v) is 5.37. The monoisotopic (exact) mass is 335 g/mol. The van der Waals surface area contributed by atoms with Gasteiger partial charge in [0.2, 0.25) is 5.91 Å². The predicted molar refractivity (Wildman–Crippen MR) is 98.1 cm³/mol. The fourth-order valence-corrected chi connectivity index (χ4v) is 3.82. The van der Waals surface area contributed by atoms with Crippen LogP contribution >= 0.6 is 0 Å². The van der Waals surface area contributed by atoms with Gasteiger partial charge in [-0.2, -0.15) is 0 Å². The van der Waals surface area contributed by atoms with Gasteiger partial charge in [0.25, 0.3) is 0 Å². The summed E-state index contributed by atoms with van der Waals surface area (Å²) in [6.07, 6.45) is 2.85. The van der Waals surface area contributed by atoms with Crippen LogP contribution in [-0.4, -0.2) is 46.9 Å². The topological polar surface area (TPSA) is 36.4 Å². The average molecular weight is 335 g/mol. The highest BCUT2D eigenvalue weighted by Gasteiger charge is 2.46. The molecule has 2 atom stereocenters. The number of aryl methyl sites for hydroxylation is 1. The van der Waals surface area contributed by atoms with Gasteiger partial charge >= 0.3 is 0 Å². The van der Waals surface area contributed by atoms with Crippen molar-refractivity contribution < 1.29 is 4.79 Å².